The van der Waals surface area contributed by atoms with Gasteiger partial charge in [-0.15, -0.1) is 0 Å². The van der Waals surface area contributed by atoms with Gasteiger partial charge in [-0.2, -0.15) is 0 Å². The Kier molecular flexibility index (Phi) is 25.8. The normalized spacial score (nSPS) is 14.1. The molecule has 0 aromatic carbocycles. The molecule has 1 saturated carbocycles. The molecule has 0 aromatic heterocycles. The molecule has 0 radical (unpaired) electrons. The molecule has 6 heteroatoms. The Morgan fingerprint density at radius 2 is 1.41 bits per heavy atom. The Morgan fingerprint density at radius 3 is 2.05 bits per heavy atom. The molecule has 0 aliphatic heterocycles. The van der Waals surface area contributed by atoms with Crippen molar-refractivity contribution in [2.24, 2.45) is 0 Å². The summed E-state index contributed by atoms with van der Waals surface area (Å²) in [7, 11) is 0. The van der Waals surface area contributed by atoms with Gasteiger partial charge in [0.1, 0.15) is 12.4 Å². The number of unbranched alkanes of at least 4 members (excludes halogenated alkanes) is 14. The zero-order chi connectivity index (χ0) is 28.2. The lowest BCUT2D eigenvalue weighted by atomic mass is 10.1. The van der Waals surface area contributed by atoms with Gasteiger partial charge >= 0.3 is 5.97 Å². The molecule has 0 spiro atoms. The van der Waals surface area contributed by atoms with Crippen LogP contribution >= 0.6 is 11.9 Å². The summed E-state index contributed by atoms with van der Waals surface area (Å²) in [6.45, 7) is 9.08. The first-order valence-corrected chi connectivity index (χ1v) is 17.8. The van der Waals surface area contributed by atoms with Gasteiger partial charge in [0.25, 0.3) is 0 Å². The molecule has 0 heterocycles. The first kappa shape index (κ1) is 36.4. The van der Waals surface area contributed by atoms with E-state index in [4.69, 9.17) is 4.74 Å². The van der Waals surface area contributed by atoms with E-state index < -0.39 is 0 Å². The van der Waals surface area contributed by atoms with Crippen molar-refractivity contribution >= 4 is 24.2 Å². The van der Waals surface area contributed by atoms with E-state index in [1.54, 1.807) is 0 Å². The second-order valence-corrected chi connectivity index (χ2v) is 12.9. The van der Waals surface area contributed by atoms with Gasteiger partial charge in [-0.1, -0.05) is 96.4 Å². The molecule has 1 N–H and O–H groups in total. The van der Waals surface area contributed by atoms with Gasteiger partial charge in [0, 0.05) is 24.6 Å². The molecule has 39 heavy (non-hydrogen) atoms. The molecule has 1 rings (SSSR count). The Balaban J connectivity index is 2.09. The molecule has 0 saturated heterocycles. The summed E-state index contributed by atoms with van der Waals surface area (Å²) >= 11 is 1.94. The molecule has 1 aliphatic rings. The van der Waals surface area contributed by atoms with Crippen LogP contribution in [0.15, 0.2) is 0 Å². The Hall–Kier alpha value is -0.590. The maximum atomic E-state index is 12.3. The van der Waals surface area contributed by atoms with E-state index in [-0.39, 0.29) is 12.1 Å². The van der Waals surface area contributed by atoms with E-state index in [1.165, 1.54) is 122 Å². The van der Waals surface area contributed by atoms with Gasteiger partial charge in [0.2, 0.25) is 0 Å². The largest absolute Gasteiger partial charge is 0.462 e. The average Bonchev–Trinajstić information content (AvgIpc) is 3.77. The van der Waals surface area contributed by atoms with Crippen LogP contribution in [0, 0.1) is 0 Å². The smallest absolute Gasteiger partial charge is 0.306 e. The molecule has 1 fully saturated rings. The average molecular weight is 569 g/mol. The van der Waals surface area contributed by atoms with Crippen LogP contribution in [0.1, 0.15) is 162 Å². The molecule has 0 bridgehead atoms. The van der Waals surface area contributed by atoms with Crippen LogP contribution in [0.25, 0.3) is 0 Å². The van der Waals surface area contributed by atoms with Crippen LogP contribution in [0.2, 0.25) is 0 Å². The predicted octanol–water partition coefficient (Wildman–Crippen LogP) is 9.03. The van der Waals surface area contributed by atoms with Crippen LogP contribution in [-0.4, -0.2) is 54.7 Å². The highest BCUT2D eigenvalue weighted by Crippen LogP contribution is 2.31. The van der Waals surface area contributed by atoms with Gasteiger partial charge in [-0.05, 0) is 83.8 Å². The maximum absolute atomic E-state index is 12.3. The molecule has 5 nitrogen and oxygen atoms in total. The number of hydrogen-bond acceptors (Lipinski definition) is 6. The first-order chi connectivity index (χ1) is 19.2. The molecule has 0 amide bonds. The van der Waals surface area contributed by atoms with Gasteiger partial charge in [-0.25, -0.2) is 0 Å². The maximum Gasteiger partial charge on any atom is 0.306 e. The van der Waals surface area contributed by atoms with Crippen LogP contribution in [0.5, 0.6) is 0 Å². The molecular formula is C33H64N2O3S. The quantitative estimate of drug-likeness (QED) is 0.0390. The highest BCUT2D eigenvalue weighted by Gasteiger charge is 2.21. The summed E-state index contributed by atoms with van der Waals surface area (Å²) in [5.41, 5.74) is 0. The third-order valence-electron chi connectivity index (χ3n) is 7.81. The van der Waals surface area contributed by atoms with E-state index in [1.807, 2.05) is 11.9 Å². The first-order valence-electron chi connectivity index (χ1n) is 16.9. The number of aldehydes is 1. The number of nitrogens with one attached hydrogen (secondary N) is 1. The van der Waals surface area contributed by atoms with Crippen molar-refractivity contribution in [2.75, 3.05) is 26.2 Å². The second kappa shape index (κ2) is 27.6. The molecule has 1 atom stereocenters. The van der Waals surface area contributed by atoms with Crippen molar-refractivity contribution < 1.29 is 14.3 Å². The number of carbonyl (C=O) groups excluding carboxylic acids is 2. The van der Waals surface area contributed by atoms with Gasteiger partial charge in [0.15, 0.2) is 0 Å². The van der Waals surface area contributed by atoms with Gasteiger partial charge in [0.05, 0.1) is 0 Å². The Bertz CT molecular complexity index is 559. The summed E-state index contributed by atoms with van der Waals surface area (Å²) < 4.78 is 9.32. The van der Waals surface area contributed by atoms with E-state index in [9.17, 15) is 9.59 Å². The minimum Gasteiger partial charge on any atom is -0.462 e. The highest BCUT2D eigenvalue weighted by molar-refractivity contribution is 7.98. The molecule has 0 aromatic rings. The zero-order valence-corrected chi connectivity index (χ0v) is 26.7. The van der Waals surface area contributed by atoms with E-state index in [2.05, 4.69) is 23.5 Å². The number of nitrogens with zero attached hydrogens (tertiary/aromatic N) is 1. The lowest BCUT2D eigenvalue weighted by molar-refractivity contribution is -0.149. The number of carbonyl (C=O) groups is 2. The SMILES string of the molecule is CCCCCCCCC(CC)OC(=O)CCCCCCCN(CCCCCCCC=O)CCCNSC1CC1. The van der Waals surface area contributed by atoms with E-state index >= 15 is 0 Å². The van der Waals surface area contributed by atoms with Gasteiger partial charge in [-0.3, -0.25) is 9.52 Å². The third kappa shape index (κ3) is 24.9. The molecular weight excluding hydrogens is 504 g/mol. The molecule has 1 unspecified atom stereocenters. The number of rotatable bonds is 31. The van der Waals surface area contributed by atoms with Crippen LogP contribution in [0.3, 0.4) is 0 Å². The zero-order valence-electron chi connectivity index (χ0n) is 25.9. The topological polar surface area (TPSA) is 58.6 Å². The molecule has 230 valence electrons. The van der Waals surface area contributed by atoms with E-state index in [0.717, 1.165) is 56.6 Å². The Morgan fingerprint density at radius 1 is 0.821 bits per heavy atom. The summed E-state index contributed by atoms with van der Waals surface area (Å²) in [4.78, 5) is 25.4. The molecule has 1 aliphatic carbocycles. The van der Waals surface area contributed by atoms with Crippen molar-refractivity contribution in [1.82, 2.24) is 9.62 Å². The van der Waals surface area contributed by atoms with Crippen molar-refractivity contribution in [3.63, 3.8) is 0 Å². The lowest BCUT2D eigenvalue weighted by Crippen LogP contribution is -2.29. The van der Waals surface area contributed by atoms with Crippen molar-refractivity contribution in [2.45, 2.75) is 173 Å². The van der Waals surface area contributed by atoms with Crippen molar-refractivity contribution in [3.8, 4) is 0 Å². The standard InChI is InChI=1S/C33H64N2O3S/c1-3-5-6-7-11-16-22-31(4-2)38-33(37)23-17-12-10-14-19-28-35(27-18-13-8-9-15-20-30-36)29-21-26-34-39-32-24-25-32/h30-32,34H,3-29H2,1-2H3. The number of ether oxygens (including phenoxy) is 1. The van der Waals surface area contributed by atoms with Crippen molar-refractivity contribution in [3.05, 3.63) is 0 Å². The fourth-order valence-electron chi connectivity index (χ4n) is 5.04. The fraction of sp³-hybridized carbons (Fsp3) is 0.939. The lowest BCUT2D eigenvalue weighted by Gasteiger charge is -2.22. The third-order valence-corrected chi connectivity index (χ3v) is 8.99. The summed E-state index contributed by atoms with van der Waals surface area (Å²) in [6.07, 6.45) is 28.0. The minimum absolute atomic E-state index is 0.0126. The van der Waals surface area contributed by atoms with Crippen LogP contribution in [-0.2, 0) is 14.3 Å². The van der Waals surface area contributed by atoms with E-state index in [0.29, 0.717) is 6.42 Å². The van der Waals surface area contributed by atoms with Crippen molar-refractivity contribution in [1.29, 1.82) is 0 Å². The fourth-order valence-corrected chi connectivity index (χ4v) is 5.91. The van der Waals surface area contributed by atoms with Crippen LogP contribution in [0.4, 0.5) is 0 Å². The Labute approximate surface area is 246 Å². The summed E-state index contributed by atoms with van der Waals surface area (Å²) in [6, 6.07) is 0. The second-order valence-electron chi connectivity index (χ2n) is 11.7. The summed E-state index contributed by atoms with van der Waals surface area (Å²) in [5, 5.41) is 0.875. The minimum atomic E-state index is 0.0126. The van der Waals surface area contributed by atoms with Crippen LogP contribution < -0.4 is 4.72 Å². The predicted molar refractivity (Wildman–Crippen MR) is 169 cm³/mol. The summed E-state index contributed by atoms with van der Waals surface area (Å²) in [5.74, 6) is 0.0126. The highest BCUT2D eigenvalue weighted by atomic mass is 32.2. The number of hydrogen-bond donors (Lipinski definition) is 1. The number of esters is 1. The van der Waals surface area contributed by atoms with Gasteiger partial charge < -0.3 is 14.4 Å². The monoisotopic (exact) mass is 568 g/mol.